The summed E-state index contributed by atoms with van der Waals surface area (Å²) < 4.78 is 16.5. The van der Waals surface area contributed by atoms with E-state index in [9.17, 15) is 9.65 Å². The minimum atomic E-state index is -0.450. The second-order valence-corrected chi connectivity index (χ2v) is 7.05. The normalized spacial score (nSPS) is 14.7. The van der Waals surface area contributed by atoms with Crippen LogP contribution in [0, 0.1) is 17.1 Å². The molecule has 0 amide bonds. The summed E-state index contributed by atoms with van der Waals surface area (Å²) >= 11 is 3.35. The predicted molar refractivity (Wildman–Crippen MR) is 103 cm³/mol. The van der Waals surface area contributed by atoms with Gasteiger partial charge in [0.15, 0.2) is 0 Å². The Kier molecular flexibility index (Phi) is 4.28. The smallest absolute Gasteiger partial charge is 0.150 e. The van der Waals surface area contributed by atoms with Gasteiger partial charge < -0.3 is 15.6 Å². The van der Waals surface area contributed by atoms with Crippen LogP contribution in [0.3, 0.4) is 0 Å². The Morgan fingerprint density at radius 3 is 2.89 bits per heavy atom. The van der Waals surface area contributed by atoms with E-state index in [0.717, 1.165) is 12.8 Å². The van der Waals surface area contributed by atoms with Crippen LogP contribution in [0.25, 0.3) is 11.0 Å². The summed E-state index contributed by atoms with van der Waals surface area (Å²) in [5, 5.41) is 12.5. The molecule has 1 aromatic carbocycles. The van der Waals surface area contributed by atoms with Crippen molar-refractivity contribution in [3.8, 4) is 6.07 Å². The molecule has 1 aliphatic rings. The van der Waals surface area contributed by atoms with Crippen LogP contribution in [-0.2, 0) is 0 Å². The zero-order valence-electron chi connectivity index (χ0n) is 14.2. The van der Waals surface area contributed by atoms with Gasteiger partial charge in [-0.25, -0.2) is 19.3 Å². The highest BCUT2D eigenvalue weighted by molar-refractivity contribution is 9.10. The summed E-state index contributed by atoms with van der Waals surface area (Å²) in [6.45, 7) is 3.88. The fourth-order valence-electron chi connectivity index (χ4n) is 3.06. The highest BCUT2D eigenvalue weighted by atomic mass is 79.9. The second kappa shape index (κ2) is 6.63. The van der Waals surface area contributed by atoms with Gasteiger partial charge in [-0.2, -0.15) is 5.26 Å². The molecule has 2 aromatic heterocycles. The summed E-state index contributed by atoms with van der Waals surface area (Å²) in [6, 6.07) is 4.84. The SMILES string of the molecule is C=CC(Nc1ncnc(N)c1C#N)c1nc2ccc(F)c(Br)c2n1C1CC1. The van der Waals surface area contributed by atoms with E-state index in [1.165, 1.54) is 12.4 Å². The van der Waals surface area contributed by atoms with Crippen LogP contribution in [0.4, 0.5) is 16.0 Å². The lowest BCUT2D eigenvalue weighted by atomic mass is 10.2. The number of aromatic nitrogens is 4. The Morgan fingerprint density at radius 1 is 1.44 bits per heavy atom. The Labute approximate surface area is 162 Å². The summed E-state index contributed by atoms with van der Waals surface area (Å²) in [5.41, 5.74) is 7.32. The van der Waals surface area contributed by atoms with Gasteiger partial charge in [0.25, 0.3) is 0 Å². The number of nitrogens with zero attached hydrogens (tertiary/aromatic N) is 5. The molecule has 1 saturated carbocycles. The van der Waals surface area contributed by atoms with Crippen LogP contribution in [0.5, 0.6) is 0 Å². The molecule has 136 valence electrons. The van der Waals surface area contributed by atoms with E-state index in [0.29, 0.717) is 27.1 Å². The van der Waals surface area contributed by atoms with Gasteiger partial charge >= 0.3 is 0 Å². The number of imidazole rings is 1. The molecule has 0 bridgehead atoms. The van der Waals surface area contributed by atoms with E-state index >= 15 is 0 Å². The first-order valence-corrected chi connectivity index (χ1v) is 9.10. The van der Waals surface area contributed by atoms with Gasteiger partial charge in [0.2, 0.25) is 0 Å². The first kappa shape index (κ1) is 17.4. The number of halogens is 2. The van der Waals surface area contributed by atoms with E-state index in [4.69, 9.17) is 10.7 Å². The third kappa shape index (κ3) is 2.92. The standard InChI is InChI=1S/C18H15BrFN7/c1-2-12(25-17-10(7-21)16(22)23-8-24-17)18-26-13-6-5-11(20)14(19)15(13)27(18)9-3-4-9/h2,5-6,8-9,12H,1,3-4H2,(H3,22,23,24,25). The molecule has 9 heteroatoms. The number of anilines is 2. The van der Waals surface area contributed by atoms with E-state index in [-0.39, 0.29) is 23.2 Å². The van der Waals surface area contributed by atoms with Crippen molar-refractivity contribution in [3.05, 3.63) is 52.8 Å². The zero-order chi connectivity index (χ0) is 19.1. The molecule has 1 fully saturated rings. The number of nitrogens with two attached hydrogens (primary N) is 1. The molecule has 27 heavy (non-hydrogen) atoms. The van der Waals surface area contributed by atoms with Crippen LogP contribution in [0.1, 0.15) is 36.3 Å². The molecular weight excluding hydrogens is 413 g/mol. The minimum Gasteiger partial charge on any atom is -0.382 e. The Morgan fingerprint density at radius 2 is 2.22 bits per heavy atom. The summed E-state index contributed by atoms with van der Waals surface area (Å²) in [7, 11) is 0. The van der Waals surface area contributed by atoms with Crippen molar-refractivity contribution in [1.82, 2.24) is 19.5 Å². The minimum absolute atomic E-state index is 0.0957. The van der Waals surface area contributed by atoms with Crippen LogP contribution in [0.2, 0.25) is 0 Å². The lowest BCUT2D eigenvalue weighted by molar-refractivity contribution is 0.620. The highest BCUT2D eigenvalue weighted by Crippen LogP contribution is 2.42. The molecule has 0 spiro atoms. The van der Waals surface area contributed by atoms with Crippen LogP contribution in [-0.4, -0.2) is 19.5 Å². The van der Waals surface area contributed by atoms with Gasteiger partial charge in [-0.05, 0) is 40.9 Å². The Hall–Kier alpha value is -2.99. The lowest BCUT2D eigenvalue weighted by Crippen LogP contribution is -2.16. The molecule has 1 atom stereocenters. The number of hydrogen-bond donors (Lipinski definition) is 2. The number of benzene rings is 1. The molecule has 0 radical (unpaired) electrons. The molecular formula is C18H15BrFN7. The molecule has 2 heterocycles. The van der Waals surface area contributed by atoms with Crippen LogP contribution < -0.4 is 11.1 Å². The molecule has 3 N–H and O–H groups in total. The molecule has 3 aromatic rings. The fraction of sp³-hybridized carbons (Fsp3) is 0.222. The second-order valence-electron chi connectivity index (χ2n) is 6.25. The molecule has 7 nitrogen and oxygen atoms in total. The fourth-order valence-corrected chi connectivity index (χ4v) is 3.58. The van der Waals surface area contributed by atoms with E-state index in [1.54, 1.807) is 12.1 Å². The van der Waals surface area contributed by atoms with Crippen LogP contribution in [0.15, 0.2) is 35.6 Å². The van der Waals surface area contributed by atoms with Gasteiger partial charge in [-0.3, -0.25) is 0 Å². The zero-order valence-corrected chi connectivity index (χ0v) is 15.7. The first-order valence-electron chi connectivity index (χ1n) is 8.30. The first-order chi connectivity index (χ1) is 13.0. The van der Waals surface area contributed by atoms with Gasteiger partial charge in [-0.1, -0.05) is 6.08 Å². The molecule has 0 saturated heterocycles. The van der Waals surface area contributed by atoms with Crippen LogP contribution >= 0.6 is 15.9 Å². The quantitative estimate of drug-likeness (QED) is 0.598. The average Bonchev–Trinajstić information content (AvgIpc) is 3.43. The summed E-state index contributed by atoms with van der Waals surface area (Å²) in [5.74, 6) is 0.733. The van der Waals surface area contributed by atoms with E-state index in [1.807, 2.05) is 10.6 Å². The molecule has 4 rings (SSSR count). The monoisotopic (exact) mass is 427 g/mol. The number of nitriles is 1. The summed E-state index contributed by atoms with van der Waals surface area (Å²) in [4.78, 5) is 12.7. The lowest BCUT2D eigenvalue weighted by Gasteiger charge is -2.18. The van der Waals surface area contributed by atoms with Crippen molar-refractivity contribution in [2.24, 2.45) is 0 Å². The van der Waals surface area contributed by atoms with E-state index in [2.05, 4.69) is 37.8 Å². The van der Waals surface area contributed by atoms with E-state index < -0.39 is 6.04 Å². The van der Waals surface area contributed by atoms with Crippen molar-refractivity contribution >= 4 is 38.6 Å². The van der Waals surface area contributed by atoms with Gasteiger partial charge in [0, 0.05) is 6.04 Å². The van der Waals surface area contributed by atoms with Gasteiger partial charge in [0.1, 0.15) is 47.3 Å². The maximum atomic E-state index is 14.1. The highest BCUT2D eigenvalue weighted by Gasteiger charge is 2.32. The largest absolute Gasteiger partial charge is 0.382 e. The third-order valence-corrected chi connectivity index (χ3v) is 5.23. The molecule has 1 unspecified atom stereocenters. The number of nitrogen functional groups attached to an aromatic ring is 1. The van der Waals surface area contributed by atoms with Gasteiger partial charge in [-0.15, -0.1) is 6.58 Å². The maximum absolute atomic E-state index is 14.1. The van der Waals surface area contributed by atoms with Crippen molar-refractivity contribution in [2.45, 2.75) is 24.9 Å². The van der Waals surface area contributed by atoms with Crippen molar-refractivity contribution in [3.63, 3.8) is 0 Å². The number of fused-ring (bicyclic) bond motifs is 1. The van der Waals surface area contributed by atoms with Crippen molar-refractivity contribution < 1.29 is 4.39 Å². The topological polar surface area (TPSA) is 105 Å². The molecule has 1 aliphatic carbocycles. The average molecular weight is 428 g/mol. The van der Waals surface area contributed by atoms with Gasteiger partial charge in [0.05, 0.1) is 15.5 Å². The maximum Gasteiger partial charge on any atom is 0.150 e. The number of rotatable bonds is 5. The Bertz CT molecular complexity index is 1100. The Balaban J connectivity index is 1.84. The van der Waals surface area contributed by atoms with Crippen molar-refractivity contribution in [1.29, 1.82) is 5.26 Å². The summed E-state index contributed by atoms with van der Waals surface area (Å²) in [6.07, 6.45) is 4.95. The van der Waals surface area contributed by atoms with Crippen molar-refractivity contribution in [2.75, 3.05) is 11.1 Å². The predicted octanol–water partition coefficient (Wildman–Crippen LogP) is 3.86. The number of hydrogen-bond acceptors (Lipinski definition) is 6. The number of nitrogens with one attached hydrogen (secondary N) is 1. The third-order valence-electron chi connectivity index (χ3n) is 4.48. The molecule has 0 aliphatic heterocycles.